The molecule has 1 rings (SSSR count). The molecule has 0 saturated heterocycles. The van der Waals surface area contributed by atoms with Gasteiger partial charge in [-0.15, -0.1) is 12.4 Å². The van der Waals surface area contributed by atoms with Crippen molar-refractivity contribution in [1.82, 2.24) is 0 Å². The molecule has 2 heteroatoms. The van der Waals surface area contributed by atoms with Gasteiger partial charge in [0.25, 0.3) is 0 Å². The minimum absolute atomic E-state index is 0. The fraction of sp³-hybridized carbons (Fsp3) is 0.200. The molecule has 0 amide bonds. The predicted octanol–water partition coefficient (Wildman–Crippen LogP) is 1.80. The Hall–Kier alpha value is 0.393. The molecule has 0 atom stereocenters. The zero-order valence-corrected chi connectivity index (χ0v) is 6.26. The first-order chi connectivity index (χ1) is 2.89. The Morgan fingerprint density at radius 2 is 2.29 bits per heavy atom. The third kappa shape index (κ3) is 2.26. The second-order valence-corrected chi connectivity index (χ2v) is 2.35. The average molecular weight is 203 g/mol. The molecule has 41 valence electrons. The molecule has 0 radical (unpaired) electrons. The van der Waals surface area contributed by atoms with Gasteiger partial charge in [-0.3, -0.25) is 0 Å². The first-order valence-corrected chi connectivity index (χ1v) is 2.76. The number of halogens is 1. The van der Waals surface area contributed by atoms with E-state index in [-0.39, 0.29) is 12.4 Å². The molecule has 0 aliphatic heterocycles. The van der Waals surface area contributed by atoms with Crippen LogP contribution >= 0.6 is 12.4 Å². The Bertz CT molecular complexity index is 105. The Labute approximate surface area is 59.8 Å². The summed E-state index contributed by atoms with van der Waals surface area (Å²) in [5, 5.41) is 0. The second kappa shape index (κ2) is 3.40. The summed E-state index contributed by atoms with van der Waals surface area (Å²) in [4.78, 5) is 0. The summed E-state index contributed by atoms with van der Waals surface area (Å²) >= 11 is 2.59. The topological polar surface area (TPSA) is 0 Å². The molecule has 1 aliphatic carbocycles. The van der Waals surface area contributed by atoms with Crippen molar-refractivity contribution in [3.63, 3.8) is 0 Å². The van der Waals surface area contributed by atoms with Crippen LogP contribution in [0.2, 0.25) is 0 Å². The van der Waals surface area contributed by atoms with E-state index >= 15 is 0 Å². The molecule has 0 fully saturated rings. The Morgan fingerprint density at radius 3 is 2.43 bits per heavy atom. The van der Waals surface area contributed by atoms with Crippen molar-refractivity contribution < 1.29 is 18.3 Å². The number of hydrogen-bond donors (Lipinski definition) is 0. The molecule has 7 heavy (non-hydrogen) atoms. The third-order valence-corrected chi connectivity index (χ3v) is 1.36. The van der Waals surface area contributed by atoms with Crippen LogP contribution in [0.5, 0.6) is 0 Å². The Kier molecular flexibility index (Phi) is 3.59. The van der Waals surface area contributed by atoms with Gasteiger partial charge in [0, 0.05) is 0 Å². The fourth-order valence-electron chi connectivity index (χ4n) is 0.416. The van der Waals surface area contributed by atoms with E-state index < -0.39 is 0 Å². The van der Waals surface area contributed by atoms with E-state index in [1.807, 2.05) is 0 Å². The van der Waals surface area contributed by atoms with Crippen LogP contribution in [-0.4, -0.2) is 0 Å². The van der Waals surface area contributed by atoms with Crippen LogP contribution in [0.4, 0.5) is 0 Å². The molecule has 0 heterocycles. The van der Waals surface area contributed by atoms with Gasteiger partial charge in [0.1, 0.15) is 0 Å². The van der Waals surface area contributed by atoms with Gasteiger partial charge < -0.3 is 0 Å². The maximum absolute atomic E-state index is 2.59. The zero-order chi connectivity index (χ0) is 4.41. The maximum atomic E-state index is 2.59. The van der Waals surface area contributed by atoms with Crippen LogP contribution in [0.1, 0.15) is 6.42 Å². The third-order valence-electron chi connectivity index (χ3n) is 0.717. The summed E-state index contributed by atoms with van der Waals surface area (Å²) in [5.41, 5.74) is 0. The quantitative estimate of drug-likeness (QED) is 0.526. The minimum atomic E-state index is 0. The fourth-order valence-corrected chi connectivity index (χ4v) is 0.788. The van der Waals surface area contributed by atoms with Crippen molar-refractivity contribution in [1.29, 1.82) is 0 Å². The summed E-state index contributed by atoms with van der Waals surface area (Å²) in [5.74, 6) is 0. The molecule has 0 N–H and O–H groups in total. The van der Waals surface area contributed by atoms with Gasteiger partial charge in [-0.2, -0.15) is 0 Å². The van der Waals surface area contributed by atoms with Gasteiger partial charge in [0.15, 0.2) is 0 Å². The van der Waals surface area contributed by atoms with Crippen molar-refractivity contribution >= 4 is 12.4 Å². The molecule has 0 bridgehead atoms. The van der Waals surface area contributed by atoms with Crippen molar-refractivity contribution in [3.8, 4) is 0 Å². The van der Waals surface area contributed by atoms with Crippen molar-refractivity contribution in [2.45, 2.75) is 6.42 Å². The van der Waals surface area contributed by atoms with Crippen LogP contribution in [0.25, 0.3) is 0 Å². The van der Waals surface area contributed by atoms with E-state index in [0.29, 0.717) is 0 Å². The van der Waals surface area contributed by atoms with Crippen molar-refractivity contribution in [3.05, 3.63) is 22.4 Å². The van der Waals surface area contributed by atoms with Crippen molar-refractivity contribution in [2.24, 2.45) is 0 Å². The van der Waals surface area contributed by atoms with E-state index in [2.05, 4.69) is 36.5 Å². The van der Waals surface area contributed by atoms with E-state index in [1.54, 1.807) is 0 Å². The molecule has 0 aromatic carbocycles. The monoisotopic (exact) mass is 203 g/mol. The van der Waals surface area contributed by atoms with Gasteiger partial charge in [-0.05, 0) is 0 Å². The van der Waals surface area contributed by atoms with E-state index in [1.165, 1.54) is 4.17 Å². The Balaban J connectivity index is 0.000000360. The van der Waals surface area contributed by atoms with E-state index in [9.17, 15) is 0 Å². The second-order valence-electron chi connectivity index (χ2n) is 1.23. The molecule has 0 aromatic heterocycles. The molecule has 0 aromatic rings. The van der Waals surface area contributed by atoms with E-state index in [0.717, 1.165) is 6.42 Å². The van der Waals surface area contributed by atoms with Gasteiger partial charge in [0.05, 0.1) is 0 Å². The molecule has 0 saturated carbocycles. The molecule has 0 nitrogen and oxygen atoms in total. The molecule has 0 unspecified atom stereocenters. The van der Waals surface area contributed by atoms with Crippen molar-refractivity contribution in [2.75, 3.05) is 0 Å². The summed E-state index contributed by atoms with van der Waals surface area (Å²) in [6.07, 6.45) is 7.46. The molecule has 1 aliphatic rings. The van der Waals surface area contributed by atoms with Gasteiger partial charge in [-0.25, -0.2) is 0 Å². The summed E-state index contributed by atoms with van der Waals surface area (Å²) in [6.45, 7) is 0. The Morgan fingerprint density at radius 1 is 1.57 bits per heavy atom. The SMILES string of the molecule is Cl.[Ru][C]1=CC=CC1. The predicted molar refractivity (Wildman–Crippen MR) is 29.1 cm³/mol. The molecular weight excluding hydrogens is 197 g/mol. The number of rotatable bonds is 0. The van der Waals surface area contributed by atoms with Crippen LogP contribution in [0.3, 0.4) is 0 Å². The molecule has 0 spiro atoms. The van der Waals surface area contributed by atoms with E-state index in [4.69, 9.17) is 0 Å². The number of allylic oxidation sites excluding steroid dienone is 4. The normalized spacial score (nSPS) is 15.9. The van der Waals surface area contributed by atoms with Crippen LogP contribution < -0.4 is 0 Å². The standard InChI is InChI=1S/C5H5.ClH.Ru/c1-2-4-5-3-1;;/h1-3H,4H2;1H;. The van der Waals surface area contributed by atoms with Crippen LogP contribution in [0.15, 0.2) is 22.4 Å². The van der Waals surface area contributed by atoms with Gasteiger partial charge in [0.2, 0.25) is 0 Å². The summed E-state index contributed by atoms with van der Waals surface area (Å²) in [6, 6.07) is 0. The van der Waals surface area contributed by atoms with Crippen LogP contribution in [-0.2, 0) is 18.3 Å². The summed E-state index contributed by atoms with van der Waals surface area (Å²) in [7, 11) is 0. The zero-order valence-electron chi connectivity index (χ0n) is 3.70. The number of hydrogen-bond acceptors (Lipinski definition) is 0. The average Bonchev–Trinajstić information content (AvgIpc) is 1.86. The molecular formula is C5H6ClRu. The van der Waals surface area contributed by atoms with Gasteiger partial charge >= 0.3 is 47.1 Å². The van der Waals surface area contributed by atoms with Crippen LogP contribution in [0, 0.1) is 0 Å². The first kappa shape index (κ1) is 7.39. The van der Waals surface area contributed by atoms with Gasteiger partial charge in [-0.1, -0.05) is 0 Å². The first-order valence-electron chi connectivity index (χ1n) is 1.89. The summed E-state index contributed by atoms with van der Waals surface area (Å²) < 4.78 is 1.40.